The minimum absolute atomic E-state index is 0.0424. The summed E-state index contributed by atoms with van der Waals surface area (Å²) in [5.74, 6) is -2.48. The zero-order valence-electron chi connectivity index (χ0n) is 18.7. The van der Waals surface area contributed by atoms with Crippen molar-refractivity contribution in [3.05, 3.63) is 69.8 Å². The van der Waals surface area contributed by atoms with Gasteiger partial charge in [-0.15, -0.1) is 0 Å². The van der Waals surface area contributed by atoms with Crippen molar-refractivity contribution in [2.45, 2.75) is 19.4 Å². The summed E-state index contributed by atoms with van der Waals surface area (Å²) in [7, 11) is 0. The summed E-state index contributed by atoms with van der Waals surface area (Å²) < 4.78 is 4.99. The molecular formula is C25H21N3O7. The molecule has 0 N–H and O–H groups in total. The Hall–Kier alpha value is -4.08. The largest absolute Gasteiger partial charge is 0.462 e. The van der Waals surface area contributed by atoms with Gasteiger partial charge in [-0.1, -0.05) is 17.3 Å². The molecule has 2 aliphatic carbocycles. The van der Waals surface area contributed by atoms with Gasteiger partial charge in [-0.05, 0) is 43.5 Å². The molecule has 1 saturated heterocycles. The molecular weight excluding hydrogens is 454 g/mol. The van der Waals surface area contributed by atoms with Crippen molar-refractivity contribution in [3.8, 4) is 0 Å². The van der Waals surface area contributed by atoms with E-state index >= 15 is 0 Å². The summed E-state index contributed by atoms with van der Waals surface area (Å²) in [5.41, 5.74) is 1.91. The molecule has 6 atom stereocenters. The predicted octanol–water partition coefficient (Wildman–Crippen LogP) is 2.95. The minimum Gasteiger partial charge on any atom is -0.462 e. The van der Waals surface area contributed by atoms with Crippen molar-refractivity contribution >= 4 is 34.9 Å². The Balaban J connectivity index is 1.28. The third-order valence-corrected chi connectivity index (χ3v) is 7.68. The summed E-state index contributed by atoms with van der Waals surface area (Å²) in [6.45, 7) is 1.97. The van der Waals surface area contributed by atoms with E-state index in [4.69, 9.17) is 9.57 Å². The molecule has 2 aliphatic heterocycles. The summed E-state index contributed by atoms with van der Waals surface area (Å²) >= 11 is 0. The molecule has 2 amide bonds. The van der Waals surface area contributed by atoms with Crippen LogP contribution >= 0.6 is 0 Å². The lowest BCUT2D eigenvalue weighted by molar-refractivity contribution is -0.384. The van der Waals surface area contributed by atoms with Crippen LogP contribution in [0.1, 0.15) is 29.3 Å². The first kappa shape index (κ1) is 21.5. The fourth-order valence-electron chi connectivity index (χ4n) is 6.36. The molecule has 0 aromatic heterocycles. The van der Waals surface area contributed by atoms with Gasteiger partial charge in [0, 0.05) is 29.5 Å². The Morgan fingerprint density at radius 3 is 2.51 bits per heavy atom. The van der Waals surface area contributed by atoms with Crippen LogP contribution in [0.4, 0.5) is 11.4 Å². The first-order valence-corrected chi connectivity index (χ1v) is 11.5. The van der Waals surface area contributed by atoms with Crippen LogP contribution in [0.5, 0.6) is 0 Å². The van der Waals surface area contributed by atoms with Crippen molar-refractivity contribution in [2.75, 3.05) is 11.5 Å². The van der Waals surface area contributed by atoms with Crippen LogP contribution in [0.15, 0.2) is 53.7 Å². The third-order valence-electron chi connectivity index (χ3n) is 7.68. The van der Waals surface area contributed by atoms with Gasteiger partial charge in [0.05, 0.1) is 40.3 Å². The topological polar surface area (TPSA) is 128 Å². The number of nitro benzene ring substituents is 1. The van der Waals surface area contributed by atoms with Crippen LogP contribution in [0.3, 0.4) is 0 Å². The number of nitrogens with zero attached hydrogens (tertiary/aromatic N) is 3. The van der Waals surface area contributed by atoms with Crippen molar-refractivity contribution in [1.29, 1.82) is 0 Å². The first-order valence-electron chi connectivity index (χ1n) is 11.5. The Labute approximate surface area is 199 Å². The predicted molar refractivity (Wildman–Crippen MR) is 121 cm³/mol. The van der Waals surface area contributed by atoms with Crippen molar-refractivity contribution < 1.29 is 28.9 Å². The number of imide groups is 1. The van der Waals surface area contributed by atoms with Crippen LogP contribution in [-0.4, -0.2) is 41.1 Å². The molecule has 3 fully saturated rings. The SMILES string of the molecule is CCOC(=O)c1ccc(N2C(=O)[C@H]3[C@@H]4C[C@@H]([C@H]5C(c6cccc([N+](=O)[O-])c6)=NO[C@H]45)[C@@H]3C2=O)cc1. The van der Waals surface area contributed by atoms with Gasteiger partial charge in [0.15, 0.2) is 0 Å². The second kappa shape index (κ2) is 7.72. The zero-order valence-corrected chi connectivity index (χ0v) is 18.7. The summed E-state index contributed by atoms with van der Waals surface area (Å²) in [4.78, 5) is 56.6. The minimum atomic E-state index is -0.496. The fourth-order valence-corrected chi connectivity index (χ4v) is 6.36. The number of hydrogen-bond donors (Lipinski definition) is 0. The average molecular weight is 475 g/mol. The molecule has 0 unspecified atom stereocenters. The maximum atomic E-state index is 13.5. The zero-order chi connectivity index (χ0) is 24.4. The molecule has 10 heteroatoms. The normalized spacial score (nSPS) is 30.1. The number of anilines is 1. The number of oxime groups is 1. The average Bonchev–Trinajstić information content (AvgIpc) is 3.60. The van der Waals surface area contributed by atoms with Crippen LogP contribution in [0.2, 0.25) is 0 Å². The van der Waals surface area contributed by atoms with Gasteiger partial charge in [-0.3, -0.25) is 24.6 Å². The summed E-state index contributed by atoms with van der Waals surface area (Å²) in [6.07, 6.45) is 0.338. The van der Waals surface area contributed by atoms with Crippen LogP contribution in [0.25, 0.3) is 0 Å². The van der Waals surface area contributed by atoms with Crippen molar-refractivity contribution in [1.82, 2.24) is 0 Å². The number of non-ortho nitro benzene ring substituents is 1. The standard InChI is InChI=1S/C25H21N3O7/c1-2-34-25(31)12-6-8-14(9-7-12)27-23(29)18-16-11-17(19(18)24(27)30)22-20(16)21(26-35-22)13-4-3-5-15(10-13)28(32)33/h3-10,16-20,22H,2,11H2,1H3/t16-,17+,18+,19+,20+,22-/m1/s1. The van der Waals surface area contributed by atoms with E-state index < -0.39 is 22.7 Å². The van der Waals surface area contributed by atoms with Crippen LogP contribution in [-0.2, 0) is 19.2 Å². The maximum Gasteiger partial charge on any atom is 0.338 e. The van der Waals surface area contributed by atoms with Gasteiger partial charge < -0.3 is 9.57 Å². The Morgan fingerprint density at radius 1 is 1.11 bits per heavy atom. The van der Waals surface area contributed by atoms with E-state index in [2.05, 4.69) is 5.16 Å². The monoisotopic (exact) mass is 475 g/mol. The molecule has 178 valence electrons. The highest BCUT2D eigenvalue weighted by atomic mass is 16.6. The molecule has 2 bridgehead atoms. The van der Waals surface area contributed by atoms with Gasteiger partial charge in [0.2, 0.25) is 11.8 Å². The van der Waals surface area contributed by atoms with E-state index in [0.717, 1.165) is 0 Å². The van der Waals surface area contributed by atoms with Gasteiger partial charge in [-0.25, -0.2) is 4.79 Å². The Kier molecular flexibility index (Phi) is 4.73. The second-order valence-electron chi connectivity index (χ2n) is 9.27. The Morgan fingerprint density at radius 2 is 1.83 bits per heavy atom. The lowest BCUT2D eigenvalue weighted by Crippen LogP contribution is -2.41. The lowest BCUT2D eigenvalue weighted by atomic mass is 9.71. The first-order chi connectivity index (χ1) is 16.9. The highest BCUT2D eigenvalue weighted by molar-refractivity contribution is 6.23. The number of ether oxygens (including phenoxy) is 1. The van der Waals surface area contributed by atoms with Gasteiger partial charge >= 0.3 is 5.97 Å². The maximum absolute atomic E-state index is 13.5. The second-order valence-corrected chi connectivity index (χ2v) is 9.27. The molecule has 0 spiro atoms. The molecule has 2 heterocycles. The van der Waals surface area contributed by atoms with E-state index in [0.29, 0.717) is 28.9 Å². The highest BCUT2D eigenvalue weighted by Gasteiger charge is 2.70. The Bertz CT molecular complexity index is 1300. The summed E-state index contributed by atoms with van der Waals surface area (Å²) in [5, 5.41) is 15.5. The lowest BCUT2D eigenvalue weighted by Gasteiger charge is -2.29. The van der Waals surface area contributed by atoms with Crippen molar-refractivity contribution in [3.63, 3.8) is 0 Å². The van der Waals surface area contributed by atoms with E-state index in [-0.39, 0.29) is 48.0 Å². The number of rotatable bonds is 5. The van der Waals surface area contributed by atoms with Crippen molar-refractivity contribution in [2.24, 2.45) is 34.7 Å². The van der Waals surface area contributed by atoms with E-state index in [9.17, 15) is 24.5 Å². The number of nitro groups is 1. The van der Waals surface area contributed by atoms with Gasteiger partial charge in [0.1, 0.15) is 6.10 Å². The van der Waals surface area contributed by atoms with Gasteiger partial charge in [0.25, 0.3) is 5.69 Å². The van der Waals surface area contributed by atoms with Crippen LogP contribution in [0, 0.1) is 39.7 Å². The number of fused-ring (bicyclic) bond motifs is 8. The molecule has 10 nitrogen and oxygen atoms in total. The molecule has 35 heavy (non-hydrogen) atoms. The quantitative estimate of drug-likeness (QED) is 0.281. The number of esters is 1. The number of amides is 2. The highest BCUT2D eigenvalue weighted by Crippen LogP contribution is 2.62. The molecule has 2 aromatic rings. The molecule has 2 saturated carbocycles. The third kappa shape index (κ3) is 3.02. The molecule has 6 rings (SSSR count). The molecule has 0 radical (unpaired) electrons. The van der Waals surface area contributed by atoms with E-state index in [1.165, 1.54) is 17.0 Å². The fraction of sp³-hybridized carbons (Fsp3) is 0.360. The van der Waals surface area contributed by atoms with Crippen LogP contribution < -0.4 is 4.90 Å². The number of carbonyl (C=O) groups excluding carboxylic acids is 3. The number of hydrogen-bond acceptors (Lipinski definition) is 8. The number of carbonyl (C=O) groups is 3. The summed E-state index contributed by atoms with van der Waals surface area (Å²) in [6, 6.07) is 12.5. The molecule has 4 aliphatic rings. The van der Waals surface area contributed by atoms with E-state index in [1.54, 1.807) is 43.3 Å². The number of benzene rings is 2. The van der Waals surface area contributed by atoms with Gasteiger partial charge in [-0.2, -0.15) is 0 Å². The van der Waals surface area contributed by atoms with E-state index in [1.807, 2.05) is 0 Å². The molecule has 2 aromatic carbocycles. The smallest absolute Gasteiger partial charge is 0.338 e.